The van der Waals surface area contributed by atoms with E-state index in [0.29, 0.717) is 43.8 Å². The molecule has 1 aromatic carbocycles. The molecule has 3 rings (SSSR count). The molecule has 0 amide bonds. The first-order valence-corrected chi connectivity index (χ1v) is 15.6. The molecule has 2 heterocycles. The largest absolute Gasteiger partial charge is 0.490 e. The fourth-order valence-electron chi connectivity index (χ4n) is 4.11. The lowest BCUT2D eigenvalue weighted by Crippen LogP contribution is -2.49. The minimum absolute atomic E-state index is 0.0700. The number of piperidine rings is 1. The molecule has 10 nitrogen and oxygen atoms in total. The summed E-state index contributed by atoms with van der Waals surface area (Å²) in [5.41, 5.74) is 0. The normalized spacial score (nSPS) is 20.1. The van der Waals surface area contributed by atoms with Crippen molar-refractivity contribution >= 4 is 37.6 Å². The second-order valence-corrected chi connectivity index (χ2v) is 13.5. The van der Waals surface area contributed by atoms with Gasteiger partial charge in [-0.05, 0) is 50.6 Å². The summed E-state index contributed by atoms with van der Waals surface area (Å²) in [6.07, 6.45) is -1.69. The number of carboxylic acids is 1. The number of nitrogens with one attached hydrogen (secondary N) is 1. The standard InChI is InChI=1S/C20H33ClN4O4S2.C2HF3O2/c1-18-4-2-3-11-23(18)14-15-25(31(28,29)20-7-5-19(21)6-8-20)16-17-30(26,27)24-12-9-22-10-13-24;3-2(4,5)1(6)7/h5-8,18,22H,2-4,9-17H2,1H3;(H,6,7). The number of piperazine rings is 1. The van der Waals surface area contributed by atoms with E-state index in [2.05, 4.69) is 17.1 Å². The first-order valence-electron chi connectivity index (χ1n) is 12.1. The lowest BCUT2D eigenvalue weighted by molar-refractivity contribution is -0.192. The quantitative estimate of drug-likeness (QED) is 0.437. The second kappa shape index (κ2) is 14.2. The SMILES string of the molecule is CC1CCCCN1CCN(CCS(=O)(=O)N1CCNCC1)S(=O)(=O)c1ccc(Cl)cc1.O=C(O)C(F)(F)F. The van der Waals surface area contributed by atoms with Gasteiger partial charge in [0.15, 0.2) is 0 Å². The Kier molecular flexibility index (Phi) is 12.3. The van der Waals surface area contributed by atoms with E-state index < -0.39 is 32.2 Å². The molecule has 2 fully saturated rings. The number of hydrogen-bond donors (Lipinski definition) is 2. The van der Waals surface area contributed by atoms with Crippen LogP contribution in [0, 0.1) is 0 Å². The van der Waals surface area contributed by atoms with Gasteiger partial charge in [0.2, 0.25) is 20.0 Å². The highest BCUT2D eigenvalue weighted by Crippen LogP contribution is 2.21. The van der Waals surface area contributed by atoms with Gasteiger partial charge in [-0.2, -0.15) is 21.8 Å². The molecule has 2 N–H and O–H groups in total. The zero-order chi connectivity index (χ0) is 28.6. The molecule has 0 radical (unpaired) electrons. The molecular formula is C22H34ClF3N4O6S2. The fourth-order valence-corrected chi connectivity index (χ4v) is 7.23. The van der Waals surface area contributed by atoms with Crippen LogP contribution in [0.2, 0.25) is 5.02 Å². The first-order chi connectivity index (χ1) is 17.6. The van der Waals surface area contributed by atoms with Gasteiger partial charge in [-0.25, -0.2) is 21.6 Å². The summed E-state index contributed by atoms with van der Waals surface area (Å²) in [5, 5.41) is 10.7. The number of alkyl halides is 3. The number of likely N-dealkylation sites (tertiary alicyclic amines) is 1. The van der Waals surface area contributed by atoms with Crippen molar-refractivity contribution in [1.29, 1.82) is 0 Å². The number of sulfonamides is 2. The van der Waals surface area contributed by atoms with Crippen molar-refractivity contribution in [1.82, 2.24) is 18.8 Å². The lowest BCUT2D eigenvalue weighted by atomic mass is 10.0. The second-order valence-electron chi connectivity index (χ2n) is 9.01. The highest BCUT2D eigenvalue weighted by atomic mass is 35.5. The van der Waals surface area contributed by atoms with Gasteiger partial charge in [0, 0.05) is 56.9 Å². The average Bonchev–Trinajstić information content (AvgIpc) is 2.85. The van der Waals surface area contributed by atoms with Crippen LogP contribution in [0.4, 0.5) is 13.2 Å². The Balaban J connectivity index is 0.000000638. The van der Waals surface area contributed by atoms with Crippen LogP contribution < -0.4 is 5.32 Å². The number of aliphatic carboxylic acids is 1. The van der Waals surface area contributed by atoms with E-state index in [1.165, 1.54) is 39.3 Å². The summed E-state index contributed by atoms with van der Waals surface area (Å²) in [4.78, 5) is 11.3. The van der Waals surface area contributed by atoms with Crippen LogP contribution in [0.15, 0.2) is 29.2 Å². The van der Waals surface area contributed by atoms with E-state index in [9.17, 15) is 30.0 Å². The molecule has 1 aromatic rings. The fraction of sp³-hybridized carbons (Fsp3) is 0.682. The van der Waals surface area contributed by atoms with Crippen molar-refractivity contribution in [2.24, 2.45) is 0 Å². The molecule has 2 aliphatic rings. The summed E-state index contributed by atoms with van der Waals surface area (Å²) < 4.78 is 86.8. The van der Waals surface area contributed by atoms with E-state index >= 15 is 0 Å². The molecule has 218 valence electrons. The van der Waals surface area contributed by atoms with Crippen LogP contribution in [-0.2, 0) is 24.8 Å². The van der Waals surface area contributed by atoms with Crippen molar-refractivity contribution in [3.8, 4) is 0 Å². The number of rotatable bonds is 9. The third-order valence-electron chi connectivity index (χ3n) is 6.34. The van der Waals surface area contributed by atoms with Gasteiger partial charge in [0.25, 0.3) is 0 Å². The van der Waals surface area contributed by atoms with Crippen LogP contribution in [0.1, 0.15) is 26.2 Å². The smallest absolute Gasteiger partial charge is 0.475 e. The minimum Gasteiger partial charge on any atom is -0.475 e. The van der Waals surface area contributed by atoms with E-state index in [4.69, 9.17) is 21.5 Å². The van der Waals surface area contributed by atoms with Gasteiger partial charge in [-0.15, -0.1) is 0 Å². The molecule has 0 spiro atoms. The lowest BCUT2D eigenvalue weighted by Gasteiger charge is -2.35. The van der Waals surface area contributed by atoms with Gasteiger partial charge >= 0.3 is 12.1 Å². The molecule has 2 saturated heterocycles. The summed E-state index contributed by atoms with van der Waals surface area (Å²) in [6, 6.07) is 6.42. The summed E-state index contributed by atoms with van der Waals surface area (Å²) >= 11 is 5.92. The predicted octanol–water partition coefficient (Wildman–Crippen LogP) is 2.07. The highest BCUT2D eigenvalue weighted by Gasteiger charge is 2.38. The van der Waals surface area contributed by atoms with Crippen molar-refractivity contribution in [2.75, 3.05) is 58.1 Å². The molecule has 0 aliphatic carbocycles. The predicted molar refractivity (Wildman–Crippen MR) is 137 cm³/mol. The van der Waals surface area contributed by atoms with Crippen molar-refractivity contribution in [3.05, 3.63) is 29.3 Å². The topological polar surface area (TPSA) is 127 Å². The van der Waals surface area contributed by atoms with Crippen molar-refractivity contribution in [3.63, 3.8) is 0 Å². The summed E-state index contributed by atoms with van der Waals surface area (Å²) in [7, 11) is -7.37. The third kappa shape index (κ3) is 9.92. The number of hydrogen-bond acceptors (Lipinski definition) is 7. The molecular weight excluding hydrogens is 573 g/mol. The maximum absolute atomic E-state index is 13.3. The number of halogens is 4. The molecule has 38 heavy (non-hydrogen) atoms. The number of carboxylic acid groups (broad SMARTS) is 1. The Morgan fingerprint density at radius 3 is 2.18 bits per heavy atom. The van der Waals surface area contributed by atoms with Crippen LogP contribution in [-0.4, -0.2) is 112 Å². The molecule has 1 atom stereocenters. The Morgan fingerprint density at radius 1 is 1.08 bits per heavy atom. The van der Waals surface area contributed by atoms with E-state index in [1.54, 1.807) is 0 Å². The number of benzene rings is 1. The van der Waals surface area contributed by atoms with E-state index in [-0.39, 0.29) is 23.7 Å². The maximum atomic E-state index is 13.3. The number of carbonyl (C=O) groups is 1. The van der Waals surface area contributed by atoms with Crippen LogP contribution >= 0.6 is 11.6 Å². The molecule has 1 unspecified atom stereocenters. The van der Waals surface area contributed by atoms with E-state index in [1.807, 2.05) is 0 Å². The molecule has 0 aromatic heterocycles. The van der Waals surface area contributed by atoms with Gasteiger partial charge in [-0.1, -0.05) is 18.0 Å². The highest BCUT2D eigenvalue weighted by molar-refractivity contribution is 7.90. The van der Waals surface area contributed by atoms with E-state index in [0.717, 1.165) is 19.4 Å². The Bertz CT molecular complexity index is 1110. The Hall–Kier alpha value is -1.49. The van der Waals surface area contributed by atoms with Gasteiger partial charge in [0.1, 0.15) is 0 Å². The third-order valence-corrected chi connectivity index (χ3v) is 10.4. The number of nitrogens with zero attached hydrogens (tertiary/aromatic N) is 3. The molecule has 16 heteroatoms. The van der Waals surface area contributed by atoms with Gasteiger partial charge in [0.05, 0.1) is 10.6 Å². The zero-order valence-corrected chi connectivity index (χ0v) is 23.4. The van der Waals surface area contributed by atoms with Crippen molar-refractivity contribution < 1.29 is 39.9 Å². The molecule has 0 bridgehead atoms. The molecule has 2 aliphatic heterocycles. The maximum Gasteiger partial charge on any atom is 0.490 e. The van der Waals surface area contributed by atoms with Crippen molar-refractivity contribution in [2.45, 2.75) is 43.3 Å². The van der Waals surface area contributed by atoms with Gasteiger partial charge in [-0.3, -0.25) is 4.90 Å². The molecule has 0 saturated carbocycles. The minimum atomic E-state index is -5.08. The van der Waals surface area contributed by atoms with Crippen LogP contribution in [0.25, 0.3) is 0 Å². The summed E-state index contributed by atoms with van der Waals surface area (Å²) in [6.45, 7) is 5.92. The van der Waals surface area contributed by atoms with Gasteiger partial charge < -0.3 is 10.4 Å². The van der Waals surface area contributed by atoms with Crippen LogP contribution in [0.3, 0.4) is 0 Å². The first kappa shape index (κ1) is 32.7. The average molecular weight is 607 g/mol. The monoisotopic (exact) mass is 606 g/mol. The van der Waals surface area contributed by atoms with Crippen LogP contribution in [0.5, 0.6) is 0 Å². The Labute approximate surface area is 226 Å². The Morgan fingerprint density at radius 2 is 1.66 bits per heavy atom. The zero-order valence-electron chi connectivity index (χ0n) is 21.0. The summed E-state index contributed by atoms with van der Waals surface area (Å²) in [5.74, 6) is -2.98.